The van der Waals surface area contributed by atoms with Crippen molar-refractivity contribution in [3.63, 3.8) is 0 Å². The molecule has 1 saturated heterocycles. The van der Waals surface area contributed by atoms with Gasteiger partial charge < -0.3 is 10.0 Å². The Balaban J connectivity index is 0.000000248. The molecule has 6 heteroatoms. The molecule has 2 unspecified atom stereocenters. The normalized spacial score (nSPS) is 17.0. The number of hydrogen-bond acceptors (Lipinski definition) is 4. The summed E-state index contributed by atoms with van der Waals surface area (Å²) in [5.74, 6) is 0.297. The molecule has 0 saturated carbocycles. The Morgan fingerprint density at radius 2 is 1.53 bits per heavy atom. The van der Waals surface area contributed by atoms with Crippen molar-refractivity contribution < 1.29 is 18.1 Å². The summed E-state index contributed by atoms with van der Waals surface area (Å²) in [6.45, 7) is 9.57. The van der Waals surface area contributed by atoms with Crippen molar-refractivity contribution in [2.75, 3.05) is 19.6 Å². The Hall–Kier alpha value is -1.73. The number of benzene rings is 2. The van der Waals surface area contributed by atoms with E-state index in [1.54, 1.807) is 12.1 Å². The highest BCUT2D eigenvalue weighted by molar-refractivity contribution is 7.85. The lowest BCUT2D eigenvalue weighted by atomic mass is 9.95. The van der Waals surface area contributed by atoms with Gasteiger partial charge in [0.05, 0.1) is 11.0 Å². The van der Waals surface area contributed by atoms with Crippen molar-refractivity contribution in [3.05, 3.63) is 65.2 Å². The summed E-state index contributed by atoms with van der Waals surface area (Å²) < 4.78 is 29.6. The summed E-state index contributed by atoms with van der Waals surface area (Å²) in [4.78, 5) is 2.43. The highest BCUT2D eigenvalue weighted by atomic mass is 32.2. The van der Waals surface area contributed by atoms with E-state index in [0.717, 1.165) is 24.1 Å². The molecule has 3 rings (SSSR count). The van der Waals surface area contributed by atoms with Crippen LogP contribution >= 0.6 is 0 Å². The van der Waals surface area contributed by atoms with Crippen LogP contribution in [0, 0.1) is 12.8 Å². The third-order valence-corrected chi connectivity index (χ3v) is 6.45. The number of aliphatic hydroxyl groups excluding tert-OH is 1. The second-order valence-electron chi connectivity index (χ2n) is 8.17. The minimum absolute atomic E-state index is 0.0666. The minimum Gasteiger partial charge on any atom is -0.388 e. The van der Waals surface area contributed by atoms with Crippen molar-refractivity contribution in [3.8, 4) is 0 Å². The zero-order chi connectivity index (χ0) is 22.1. The SMILES string of the molecule is CCc1ccc(C(O)C(C)CN2CCCCC2)cc1.Cc1ccc(S(=O)(=O)O)cc1. The molecular formula is C24H35NO4S. The molecule has 1 aliphatic rings. The molecule has 0 spiro atoms. The Kier molecular flexibility index (Phi) is 9.49. The largest absolute Gasteiger partial charge is 0.388 e. The third kappa shape index (κ3) is 7.84. The lowest BCUT2D eigenvalue weighted by Crippen LogP contribution is -2.35. The molecule has 1 fully saturated rings. The standard InChI is InChI=1S/C17H27NO.C7H8O3S/c1-3-15-7-9-16(10-8-15)17(19)14(2)13-18-11-5-4-6-12-18;1-6-2-4-7(5-3-6)11(8,9)10/h7-10,14,17,19H,3-6,11-13H2,1-2H3;2-5H,1H3,(H,8,9,10). The summed E-state index contributed by atoms with van der Waals surface area (Å²) in [6.07, 6.45) is 4.71. The van der Waals surface area contributed by atoms with Crippen LogP contribution < -0.4 is 0 Å². The molecule has 1 heterocycles. The number of aliphatic hydroxyl groups is 1. The fourth-order valence-corrected chi connectivity index (χ4v) is 4.12. The second-order valence-corrected chi connectivity index (χ2v) is 9.59. The van der Waals surface area contributed by atoms with Crippen molar-refractivity contribution in [1.82, 2.24) is 4.90 Å². The number of nitrogens with zero attached hydrogens (tertiary/aromatic N) is 1. The topological polar surface area (TPSA) is 77.8 Å². The van der Waals surface area contributed by atoms with Crippen LogP contribution in [0.2, 0.25) is 0 Å². The zero-order valence-electron chi connectivity index (χ0n) is 18.3. The molecule has 0 amide bonds. The van der Waals surface area contributed by atoms with E-state index in [2.05, 4.69) is 43.0 Å². The van der Waals surface area contributed by atoms with E-state index in [1.807, 2.05) is 6.92 Å². The molecule has 0 aliphatic carbocycles. The Morgan fingerprint density at radius 1 is 0.967 bits per heavy atom. The fraction of sp³-hybridized carbons (Fsp3) is 0.500. The molecule has 2 aromatic rings. The van der Waals surface area contributed by atoms with Crippen LogP contribution in [0.5, 0.6) is 0 Å². The molecule has 30 heavy (non-hydrogen) atoms. The number of likely N-dealkylation sites (tertiary alicyclic amines) is 1. The average molecular weight is 434 g/mol. The first-order chi connectivity index (χ1) is 14.2. The van der Waals surface area contributed by atoms with Crippen LogP contribution in [0.25, 0.3) is 0 Å². The Labute approximate surface area is 181 Å². The maximum Gasteiger partial charge on any atom is 0.294 e. The van der Waals surface area contributed by atoms with Crippen LogP contribution in [0.15, 0.2) is 53.4 Å². The quantitative estimate of drug-likeness (QED) is 0.649. The van der Waals surface area contributed by atoms with E-state index >= 15 is 0 Å². The minimum atomic E-state index is -4.02. The van der Waals surface area contributed by atoms with E-state index in [-0.39, 0.29) is 11.0 Å². The third-order valence-electron chi connectivity index (χ3n) is 5.58. The van der Waals surface area contributed by atoms with E-state index < -0.39 is 10.1 Å². The van der Waals surface area contributed by atoms with Gasteiger partial charge in [-0.15, -0.1) is 0 Å². The first-order valence-corrected chi connectivity index (χ1v) is 12.2. The van der Waals surface area contributed by atoms with Gasteiger partial charge in [0, 0.05) is 6.54 Å². The summed E-state index contributed by atoms with van der Waals surface area (Å²) in [5.41, 5.74) is 3.35. The van der Waals surface area contributed by atoms with Crippen molar-refractivity contribution in [2.45, 2.75) is 57.5 Å². The summed E-state index contributed by atoms with van der Waals surface area (Å²) in [6, 6.07) is 14.4. The predicted octanol–water partition coefficient (Wildman–Crippen LogP) is 4.65. The Morgan fingerprint density at radius 3 is 2.03 bits per heavy atom. The van der Waals surface area contributed by atoms with Gasteiger partial charge in [0.25, 0.3) is 10.1 Å². The smallest absolute Gasteiger partial charge is 0.294 e. The number of rotatable bonds is 6. The monoisotopic (exact) mass is 433 g/mol. The number of hydrogen-bond donors (Lipinski definition) is 2. The molecule has 5 nitrogen and oxygen atoms in total. The van der Waals surface area contributed by atoms with E-state index in [1.165, 1.54) is 50.0 Å². The fourth-order valence-electron chi connectivity index (χ4n) is 3.64. The molecular weight excluding hydrogens is 398 g/mol. The lowest BCUT2D eigenvalue weighted by molar-refractivity contribution is 0.0820. The molecule has 2 atom stereocenters. The lowest BCUT2D eigenvalue weighted by Gasteiger charge is -2.31. The van der Waals surface area contributed by atoms with E-state index in [9.17, 15) is 13.5 Å². The second kappa shape index (κ2) is 11.6. The van der Waals surface area contributed by atoms with Crippen molar-refractivity contribution in [1.29, 1.82) is 0 Å². The highest BCUT2D eigenvalue weighted by Gasteiger charge is 2.20. The van der Waals surface area contributed by atoms with Gasteiger partial charge in [0.15, 0.2) is 0 Å². The van der Waals surface area contributed by atoms with Gasteiger partial charge in [0.1, 0.15) is 0 Å². The van der Waals surface area contributed by atoms with Crippen LogP contribution in [0.1, 0.15) is 55.9 Å². The van der Waals surface area contributed by atoms with Gasteiger partial charge in [-0.3, -0.25) is 4.55 Å². The zero-order valence-corrected chi connectivity index (χ0v) is 19.1. The van der Waals surface area contributed by atoms with Crippen LogP contribution in [0.4, 0.5) is 0 Å². The molecule has 0 bridgehead atoms. The molecule has 0 radical (unpaired) electrons. The molecule has 0 aromatic heterocycles. The molecule has 2 aromatic carbocycles. The summed E-state index contributed by atoms with van der Waals surface area (Å²) in [7, 11) is -4.02. The van der Waals surface area contributed by atoms with Gasteiger partial charge in [-0.1, -0.05) is 62.2 Å². The molecule has 1 aliphatic heterocycles. The van der Waals surface area contributed by atoms with Gasteiger partial charge in [-0.25, -0.2) is 0 Å². The Bertz CT molecular complexity index is 857. The molecule has 2 N–H and O–H groups in total. The van der Waals surface area contributed by atoms with Crippen LogP contribution in [0.3, 0.4) is 0 Å². The summed E-state index contributed by atoms with van der Waals surface area (Å²) >= 11 is 0. The van der Waals surface area contributed by atoms with Crippen LogP contribution in [-0.2, 0) is 16.5 Å². The van der Waals surface area contributed by atoms with E-state index in [4.69, 9.17) is 4.55 Å². The summed E-state index contributed by atoms with van der Waals surface area (Å²) in [5, 5.41) is 10.5. The number of piperidine rings is 1. The predicted molar refractivity (Wildman–Crippen MR) is 121 cm³/mol. The molecule has 166 valence electrons. The van der Waals surface area contributed by atoms with Gasteiger partial charge in [-0.2, -0.15) is 8.42 Å². The average Bonchev–Trinajstić information content (AvgIpc) is 2.74. The van der Waals surface area contributed by atoms with Gasteiger partial charge in [-0.05, 0) is 68.5 Å². The van der Waals surface area contributed by atoms with Gasteiger partial charge >= 0.3 is 0 Å². The van der Waals surface area contributed by atoms with Crippen LogP contribution in [-0.4, -0.2) is 42.6 Å². The first-order valence-electron chi connectivity index (χ1n) is 10.7. The van der Waals surface area contributed by atoms with E-state index in [0.29, 0.717) is 5.92 Å². The maximum atomic E-state index is 10.5. The van der Waals surface area contributed by atoms with Crippen molar-refractivity contribution >= 4 is 10.1 Å². The van der Waals surface area contributed by atoms with Crippen molar-refractivity contribution in [2.24, 2.45) is 5.92 Å². The highest BCUT2D eigenvalue weighted by Crippen LogP contribution is 2.24. The van der Waals surface area contributed by atoms with Gasteiger partial charge in [0.2, 0.25) is 0 Å². The maximum absolute atomic E-state index is 10.5. The number of aryl methyl sites for hydroxylation is 2. The first kappa shape index (κ1) is 24.5.